The SMILES string of the molecule is C[C@H](NC(=O)C1C[C@H](Cc2ccc(F)c(Cl)c2)CN1)C(=O)NCc1cnc2[nH]cc(Cl)c2c1. The number of hydrogen-bond acceptors (Lipinski definition) is 4. The molecule has 2 amide bonds. The van der Waals surface area contributed by atoms with Gasteiger partial charge in [-0.3, -0.25) is 9.59 Å². The summed E-state index contributed by atoms with van der Waals surface area (Å²) >= 11 is 12.0. The maximum atomic E-state index is 13.3. The zero-order chi connectivity index (χ0) is 23.5. The monoisotopic (exact) mass is 491 g/mol. The van der Waals surface area contributed by atoms with Crippen LogP contribution in [0.25, 0.3) is 11.0 Å². The van der Waals surface area contributed by atoms with Crippen molar-refractivity contribution in [2.24, 2.45) is 5.92 Å². The topological polar surface area (TPSA) is 98.9 Å². The van der Waals surface area contributed by atoms with Crippen LogP contribution in [-0.4, -0.2) is 40.4 Å². The molecule has 1 saturated heterocycles. The fourth-order valence-electron chi connectivity index (χ4n) is 4.00. The van der Waals surface area contributed by atoms with Crippen LogP contribution in [0.3, 0.4) is 0 Å². The molecular weight excluding hydrogens is 468 g/mol. The van der Waals surface area contributed by atoms with E-state index in [2.05, 4.69) is 25.9 Å². The van der Waals surface area contributed by atoms with Crippen molar-refractivity contribution in [3.63, 3.8) is 0 Å². The summed E-state index contributed by atoms with van der Waals surface area (Å²) in [6, 6.07) is 5.46. The largest absolute Gasteiger partial charge is 0.350 e. The van der Waals surface area contributed by atoms with Gasteiger partial charge < -0.3 is 20.9 Å². The van der Waals surface area contributed by atoms with Crippen LogP contribution in [0.5, 0.6) is 0 Å². The van der Waals surface area contributed by atoms with Crippen molar-refractivity contribution in [3.05, 3.63) is 63.6 Å². The van der Waals surface area contributed by atoms with E-state index in [4.69, 9.17) is 23.2 Å². The molecule has 1 fully saturated rings. The molecule has 4 N–H and O–H groups in total. The lowest BCUT2D eigenvalue weighted by Gasteiger charge is -2.17. The van der Waals surface area contributed by atoms with E-state index in [1.165, 1.54) is 6.07 Å². The first-order chi connectivity index (χ1) is 15.8. The minimum Gasteiger partial charge on any atom is -0.350 e. The molecule has 1 unspecified atom stereocenters. The molecular formula is C23H24Cl2FN5O2. The van der Waals surface area contributed by atoms with Crippen LogP contribution in [0.4, 0.5) is 4.39 Å². The van der Waals surface area contributed by atoms with Crippen LogP contribution in [0.2, 0.25) is 10.0 Å². The molecule has 3 heterocycles. The van der Waals surface area contributed by atoms with Gasteiger partial charge in [0.1, 0.15) is 17.5 Å². The van der Waals surface area contributed by atoms with Gasteiger partial charge >= 0.3 is 0 Å². The van der Waals surface area contributed by atoms with Gasteiger partial charge in [0.15, 0.2) is 0 Å². The second kappa shape index (κ2) is 10.1. The summed E-state index contributed by atoms with van der Waals surface area (Å²) < 4.78 is 13.3. The number of pyridine rings is 1. The number of aromatic amines is 1. The lowest BCUT2D eigenvalue weighted by atomic mass is 9.96. The number of fused-ring (bicyclic) bond motifs is 1. The van der Waals surface area contributed by atoms with E-state index in [1.807, 2.05) is 6.07 Å². The first-order valence-electron chi connectivity index (χ1n) is 10.7. The quantitative estimate of drug-likeness (QED) is 0.407. The van der Waals surface area contributed by atoms with Gasteiger partial charge in [-0.1, -0.05) is 29.3 Å². The first-order valence-corrected chi connectivity index (χ1v) is 11.4. The highest BCUT2D eigenvalue weighted by Gasteiger charge is 2.31. The molecule has 2 aromatic heterocycles. The van der Waals surface area contributed by atoms with Crippen molar-refractivity contribution in [2.45, 2.75) is 38.4 Å². The van der Waals surface area contributed by atoms with E-state index in [0.717, 1.165) is 16.5 Å². The van der Waals surface area contributed by atoms with Gasteiger partial charge in [-0.2, -0.15) is 0 Å². The molecule has 0 saturated carbocycles. The number of H-pyrrole nitrogens is 1. The van der Waals surface area contributed by atoms with E-state index in [-0.39, 0.29) is 35.3 Å². The molecule has 0 aliphatic carbocycles. The van der Waals surface area contributed by atoms with E-state index < -0.39 is 11.9 Å². The number of aromatic nitrogens is 2. The van der Waals surface area contributed by atoms with E-state index in [0.29, 0.717) is 30.1 Å². The smallest absolute Gasteiger partial charge is 0.242 e. The molecule has 0 spiro atoms. The van der Waals surface area contributed by atoms with Crippen molar-refractivity contribution in [1.82, 2.24) is 25.9 Å². The lowest BCUT2D eigenvalue weighted by molar-refractivity contribution is -0.129. The number of halogens is 3. The molecule has 7 nitrogen and oxygen atoms in total. The molecule has 1 aromatic carbocycles. The Kier molecular flexibility index (Phi) is 7.17. The fourth-order valence-corrected chi connectivity index (χ4v) is 4.40. The summed E-state index contributed by atoms with van der Waals surface area (Å²) in [4.78, 5) is 32.3. The normalized spacial score (nSPS) is 18.9. The molecule has 0 bridgehead atoms. The van der Waals surface area contributed by atoms with Crippen molar-refractivity contribution >= 4 is 46.0 Å². The predicted molar refractivity (Wildman–Crippen MR) is 126 cm³/mol. The Balaban J connectivity index is 1.24. The molecule has 0 radical (unpaired) electrons. The van der Waals surface area contributed by atoms with Gasteiger partial charge in [0.2, 0.25) is 11.8 Å². The van der Waals surface area contributed by atoms with Gasteiger partial charge in [0.25, 0.3) is 0 Å². The third-order valence-electron chi connectivity index (χ3n) is 5.80. The van der Waals surface area contributed by atoms with E-state index >= 15 is 0 Å². The van der Waals surface area contributed by atoms with Crippen molar-refractivity contribution in [1.29, 1.82) is 0 Å². The molecule has 3 atom stereocenters. The van der Waals surface area contributed by atoms with Crippen LogP contribution in [0.1, 0.15) is 24.5 Å². The van der Waals surface area contributed by atoms with Crippen LogP contribution < -0.4 is 16.0 Å². The van der Waals surface area contributed by atoms with Crippen molar-refractivity contribution in [2.75, 3.05) is 6.54 Å². The van der Waals surface area contributed by atoms with Crippen LogP contribution in [-0.2, 0) is 22.6 Å². The highest BCUT2D eigenvalue weighted by atomic mass is 35.5. The summed E-state index contributed by atoms with van der Waals surface area (Å²) in [5, 5.41) is 10.2. The summed E-state index contributed by atoms with van der Waals surface area (Å²) in [7, 11) is 0. The van der Waals surface area contributed by atoms with Crippen LogP contribution >= 0.6 is 23.2 Å². The molecule has 174 valence electrons. The highest BCUT2D eigenvalue weighted by molar-refractivity contribution is 6.35. The third kappa shape index (κ3) is 5.63. The summed E-state index contributed by atoms with van der Waals surface area (Å²) in [5.41, 5.74) is 2.41. The lowest BCUT2D eigenvalue weighted by Crippen LogP contribution is -2.49. The predicted octanol–water partition coefficient (Wildman–Crippen LogP) is 3.35. The molecule has 1 aliphatic heterocycles. The number of amides is 2. The number of rotatable bonds is 7. The third-order valence-corrected chi connectivity index (χ3v) is 6.41. The molecule has 1 aliphatic rings. The number of carbonyl (C=O) groups excluding carboxylic acids is 2. The highest BCUT2D eigenvalue weighted by Crippen LogP contribution is 2.23. The Hall–Kier alpha value is -2.68. The zero-order valence-corrected chi connectivity index (χ0v) is 19.4. The minimum atomic E-state index is -0.693. The van der Waals surface area contributed by atoms with Gasteiger partial charge in [-0.15, -0.1) is 0 Å². The Morgan fingerprint density at radius 2 is 2.06 bits per heavy atom. The Morgan fingerprint density at radius 3 is 2.85 bits per heavy atom. The molecule has 3 aromatic rings. The zero-order valence-electron chi connectivity index (χ0n) is 17.9. The van der Waals surface area contributed by atoms with Gasteiger partial charge in [0.05, 0.1) is 16.1 Å². The minimum absolute atomic E-state index is 0.0967. The summed E-state index contributed by atoms with van der Waals surface area (Å²) in [6.45, 7) is 2.57. The average Bonchev–Trinajstić information content (AvgIpc) is 3.41. The summed E-state index contributed by atoms with van der Waals surface area (Å²) in [5.74, 6) is -0.743. The number of nitrogens with one attached hydrogen (secondary N) is 4. The van der Waals surface area contributed by atoms with E-state index in [9.17, 15) is 14.0 Å². The van der Waals surface area contributed by atoms with Gasteiger partial charge in [0, 0.05) is 24.3 Å². The standard InChI is InChI=1S/C23H24Cl2FN5O2/c1-12(22(32)30-10-15-5-16-18(25)11-29-21(16)28-9-15)31-23(33)20-7-14(8-27-20)4-13-2-3-19(26)17(24)6-13/h2-3,5-6,9,11-12,14,20,27H,4,7-8,10H2,1H3,(H,28,29)(H,30,32)(H,31,33)/t12-,14-,20?/m0/s1. The Morgan fingerprint density at radius 1 is 1.24 bits per heavy atom. The first kappa shape index (κ1) is 23.5. The van der Waals surface area contributed by atoms with Crippen LogP contribution in [0.15, 0.2) is 36.7 Å². The summed E-state index contributed by atoms with van der Waals surface area (Å²) in [6.07, 6.45) is 4.64. The van der Waals surface area contributed by atoms with Gasteiger partial charge in [-0.25, -0.2) is 9.37 Å². The number of benzene rings is 1. The maximum absolute atomic E-state index is 13.3. The molecule has 4 rings (SSSR count). The molecule has 10 heteroatoms. The van der Waals surface area contributed by atoms with Gasteiger partial charge in [-0.05, 0) is 61.6 Å². The van der Waals surface area contributed by atoms with E-state index in [1.54, 1.807) is 31.5 Å². The van der Waals surface area contributed by atoms with Crippen molar-refractivity contribution in [3.8, 4) is 0 Å². The second-order valence-corrected chi connectivity index (χ2v) is 9.15. The van der Waals surface area contributed by atoms with Crippen molar-refractivity contribution < 1.29 is 14.0 Å². The number of hydrogen-bond donors (Lipinski definition) is 4. The molecule has 33 heavy (non-hydrogen) atoms. The fraction of sp³-hybridized carbons (Fsp3) is 0.348. The number of carbonyl (C=O) groups is 2. The Bertz CT molecular complexity index is 1180. The van der Waals surface area contributed by atoms with Crippen LogP contribution in [0, 0.1) is 11.7 Å². The second-order valence-electron chi connectivity index (χ2n) is 8.34. The average molecular weight is 492 g/mol. The maximum Gasteiger partial charge on any atom is 0.242 e. The number of nitrogens with zero attached hydrogens (tertiary/aromatic N) is 1. The Labute approximate surface area is 200 Å².